The van der Waals surface area contributed by atoms with E-state index in [1.807, 2.05) is 12.1 Å². The highest BCUT2D eigenvalue weighted by Crippen LogP contribution is 2.43. The van der Waals surface area contributed by atoms with Gasteiger partial charge in [0, 0.05) is 37.5 Å². The lowest BCUT2D eigenvalue weighted by atomic mass is 9.61. The first-order valence-corrected chi connectivity index (χ1v) is 8.85. The number of nitrogens with two attached hydrogens (primary N) is 1. The fourth-order valence-corrected chi connectivity index (χ4v) is 3.49. The summed E-state index contributed by atoms with van der Waals surface area (Å²) in [5.74, 6) is -0.320. The van der Waals surface area contributed by atoms with Crippen molar-refractivity contribution in [3.63, 3.8) is 0 Å². The number of aliphatic hydroxyl groups is 1. The number of hydrogen-bond donors (Lipinski definition) is 2. The summed E-state index contributed by atoms with van der Waals surface area (Å²) in [5.41, 5.74) is 7.46. The van der Waals surface area contributed by atoms with E-state index >= 15 is 0 Å². The highest BCUT2D eigenvalue weighted by Gasteiger charge is 2.52. The normalized spacial score (nSPS) is 21.4. The van der Waals surface area contributed by atoms with Crippen molar-refractivity contribution in [2.75, 3.05) is 32.2 Å². The third-order valence-corrected chi connectivity index (χ3v) is 5.09. The number of ketones is 1. The molecule has 1 saturated heterocycles. The average Bonchev–Trinajstić information content (AvgIpc) is 2.67. The van der Waals surface area contributed by atoms with Gasteiger partial charge in [0.25, 0.3) is 0 Å². The van der Waals surface area contributed by atoms with Crippen molar-refractivity contribution < 1.29 is 24.2 Å². The number of aliphatic imine (C=N–C) groups is 1. The predicted molar refractivity (Wildman–Crippen MR) is 95.9 cm³/mol. The van der Waals surface area contributed by atoms with Crippen LogP contribution in [-0.2, 0) is 25.5 Å². The Morgan fingerprint density at radius 2 is 2.00 bits per heavy atom. The molecule has 0 bridgehead atoms. The first-order chi connectivity index (χ1) is 12.5. The van der Waals surface area contributed by atoms with E-state index in [9.17, 15) is 9.59 Å². The second kappa shape index (κ2) is 7.97. The van der Waals surface area contributed by atoms with Crippen molar-refractivity contribution in [1.82, 2.24) is 0 Å². The number of benzene rings is 1. The molecule has 1 spiro atoms. The van der Waals surface area contributed by atoms with E-state index in [2.05, 4.69) is 4.99 Å². The van der Waals surface area contributed by atoms with Gasteiger partial charge < -0.3 is 20.3 Å². The van der Waals surface area contributed by atoms with Gasteiger partial charge in [-0.05, 0) is 30.5 Å². The van der Waals surface area contributed by atoms with Gasteiger partial charge >= 0.3 is 5.97 Å². The quantitative estimate of drug-likeness (QED) is 0.577. The zero-order valence-electron chi connectivity index (χ0n) is 14.6. The Labute approximate surface area is 152 Å². The lowest BCUT2D eigenvalue weighted by Gasteiger charge is -2.44. The van der Waals surface area contributed by atoms with Gasteiger partial charge in [-0.15, -0.1) is 0 Å². The van der Waals surface area contributed by atoms with Crippen molar-refractivity contribution in [3.05, 3.63) is 29.8 Å². The number of nitrogen functional groups attached to an aromatic ring is 1. The van der Waals surface area contributed by atoms with Gasteiger partial charge in [-0.1, -0.05) is 12.1 Å². The average molecular weight is 360 g/mol. The number of hydrogen-bond acceptors (Lipinski definition) is 7. The topological polar surface area (TPSA) is 111 Å². The van der Waals surface area contributed by atoms with Gasteiger partial charge in [-0.2, -0.15) is 0 Å². The molecule has 1 aromatic carbocycles. The standard InChI is InChI=1S/C19H24N2O5/c20-14-3-1-13(2-4-14)11-15(18(24)26-10-7-22)21-16-12-17(23)19(16)5-8-25-9-6-19/h1-4,15,22H,5-12,20H2. The fourth-order valence-electron chi connectivity index (χ4n) is 3.49. The minimum Gasteiger partial charge on any atom is -0.462 e. The molecule has 3 rings (SSSR count). The highest BCUT2D eigenvalue weighted by atomic mass is 16.5. The molecule has 2 aliphatic rings. The van der Waals surface area contributed by atoms with Crippen LogP contribution in [0.4, 0.5) is 5.69 Å². The van der Waals surface area contributed by atoms with E-state index in [0.717, 1.165) is 11.3 Å². The molecule has 1 aliphatic carbocycles. The molecule has 7 heteroatoms. The Morgan fingerprint density at radius 1 is 1.31 bits per heavy atom. The summed E-state index contributed by atoms with van der Waals surface area (Å²) in [4.78, 5) is 29.3. The maximum absolute atomic E-state index is 12.4. The minimum absolute atomic E-state index is 0.0696. The van der Waals surface area contributed by atoms with Crippen LogP contribution >= 0.6 is 0 Å². The number of Topliss-reactive ketones (excluding diaryl/α,β-unsaturated/α-hetero) is 1. The van der Waals surface area contributed by atoms with E-state index in [1.54, 1.807) is 12.1 Å². The number of aliphatic hydroxyl groups excluding tert-OH is 1. The van der Waals surface area contributed by atoms with Crippen LogP contribution in [0.1, 0.15) is 24.8 Å². The van der Waals surface area contributed by atoms with Crippen LogP contribution in [0.5, 0.6) is 0 Å². The van der Waals surface area contributed by atoms with Crippen molar-refractivity contribution in [3.8, 4) is 0 Å². The van der Waals surface area contributed by atoms with Crippen LogP contribution < -0.4 is 5.73 Å². The van der Waals surface area contributed by atoms with Crippen LogP contribution in [0, 0.1) is 5.41 Å². The number of carbonyl (C=O) groups excluding carboxylic acids is 2. The Balaban J connectivity index is 1.81. The van der Waals surface area contributed by atoms with Crippen LogP contribution in [0.3, 0.4) is 0 Å². The monoisotopic (exact) mass is 360 g/mol. The molecule has 140 valence electrons. The molecule has 3 N–H and O–H groups in total. The van der Waals surface area contributed by atoms with Gasteiger partial charge in [0.05, 0.1) is 12.0 Å². The lowest BCUT2D eigenvalue weighted by Crippen LogP contribution is -2.54. The highest BCUT2D eigenvalue weighted by molar-refractivity contribution is 6.27. The second-order valence-corrected chi connectivity index (χ2v) is 6.72. The third kappa shape index (κ3) is 3.78. The molecule has 7 nitrogen and oxygen atoms in total. The summed E-state index contributed by atoms with van der Waals surface area (Å²) >= 11 is 0. The first kappa shape index (κ1) is 18.5. The summed E-state index contributed by atoms with van der Waals surface area (Å²) in [6.07, 6.45) is 1.87. The number of nitrogens with zero attached hydrogens (tertiary/aromatic N) is 1. The Hall–Kier alpha value is -2.25. The molecule has 0 amide bonds. The molecule has 1 atom stereocenters. The van der Waals surface area contributed by atoms with Crippen molar-refractivity contribution in [2.24, 2.45) is 10.4 Å². The molecule has 26 heavy (non-hydrogen) atoms. The summed E-state index contributed by atoms with van der Waals surface area (Å²) in [5, 5.41) is 8.90. The molecule has 1 unspecified atom stereocenters. The summed E-state index contributed by atoms with van der Waals surface area (Å²) in [7, 11) is 0. The largest absolute Gasteiger partial charge is 0.462 e. The van der Waals surface area contributed by atoms with Crippen molar-refractivity contribution in [2.45, 2.75) is 31.7 Å². The van der Waals surface area contributed by atoms with Crippen LogP contribution in [0.2, 0.25) is 0 Å². The molecule has 1 heterocycles. The number of anilines is 1. The first-order valence-electron chi connectivity index (χ1n) is 8.85. The van der Waals surface area contributed by atoms with E-state index in [1.165, 1.54) is 0 Å². The molecule has 1 saturated carbocycles. The third-order valence-electron chi connectivity index (χ3n) is 5.09. The van der Waals surface area contributed by atoms with Gasteiger partial charge in [0.15, 0.2) is 6.04 Å². The second-order valence-electron chi connectivity index (χ2n) is 6.72. The smallest absolute Gasteiger partial charge is 0.331 e. The molecule has 1 aromatic rings. The lowest BCUT2D eigenvalue weighted by molar-refractivity contribution is -0.146. The maximum atomic E-state index is 12.4. The minimum atomic E-state index is -0.743. The van der Waals surface area contributed by atoms with Gasteiger partial charge in [-0.25, -0.2) is 4.79 Å². The molecular formula is C19H24N2O5. The maximum Gasteiger partial charge on any atom is 0.331 e. The number of rotatable bonds is 6. The molecule has 0 aromatic heterocycles. The zero-order valence-corrected chi connectivity index (χ0v) is 14.6. The Bertz CT molecular complexity index is 692. The summed E-state index contributed by atoms with van der Waals surface area (Å²) in [6.45, 7) is 0.751. The van der Waals surface area contributed by atoms with E-state index in [0.29, 0.717) is 38.2 Å². The van der Waals surface area contributed by atoms with Crippen molar-refractivity contribution >= 4 is 23.2 Å². The van der Waals surface area contributed by atoms with E-state index in [-0.39, 0.29) is 25.4 Å². The SMILES string of the molecule is Nc1ccc(CC(N=C2CC(=O)C23CCOCC3)C(=O)OCCO)cc1. The van der Waals surface area contributed by atoms with Gasteiger partial charge in [0.2, 0.25) is 0 Å². The van der Waals surface area contributed by atoms with E-state index in [4.69, 9.17) is 20.3 Å². The number of ether oxygens (including phenoxy) is 2. The van der Waals surface area contributed by atoms with Crippen LogP contribution in [0.15, 0.2) is 29.3 Å². The predicted octanol–water partition coefficient (Wildman–Crippen LogP) is 0.926. The molecular weight excluding hydrogens is 336 g/mol. The molecule has 1 aliphatic heterocycles. The Morgan fingerprint density at radius 3 is 2.62 bits per heavy atom. The zero-order chi connectivity index (χ0) is 18.6. The van der Waals surface area contributed by atoms with Gasteiger partial charge in [-0.3, -0.25) is 9.79 Å². The number of carbonyl (C=O) groups is 2. The van der Waals surface area contributed by atoms with Crippen LogP contribution in [-0.4, -0.2) is 55.0 Å². The number of esters is 1. The summed E-state index contributed by atoms with van der Waals surface area (Å²) in [6, 6.07) is 6.49. The molecule has 0 radical (unpaired) electrons. The Kier molecular flexibility index (Phi) is 5.68. The van der Waals surface area contributed by atoms with E-state index < -0.39 is 17.4 Å². The molecule has 2 fully saturated rings. The van der Waals surface area contributed by atoms with Gasteiger partial charge in [0.1, 0.15) is 12.4 Å². The van der Waals surface area contributed by atoms with Crippen LogP contribution in [0.25, 0.3) is 0 Å². The fraction of sp³-hybridized carbons (Fsp3) is 0.526. The summed E-state index contributed by atoms with van der Waals surface area (Å²) < 4.78 is 10.5. The van der Waals surface area contributed by atoms with Crippen molar-refractivity contribution in [1.29, 1.82) is 0 Å².